The number of rotatable bonds is 3. The topological polar surface area (TPSA) is 63.3 Å². The van der Waals surface area contributed by atoms with Crippen LogP contribution in [0.25, 0.3) is 10.8 Å². The van der Waals surface area contributed by atoms with E-state index in [0.29, 0.717) is 11.6 Å². The van der Waals surface area contributed by atoms with Gasteiger partial charge in [0.2, 0.25) is 11.7 Å². The van der Waals surface area contributed by atoms with E-state index in [1.54, 1.807) is 0 Å². The summed E-state index contributed by atoms with van der Waals surface area (Å²) < 4.78 is 6.19. The zero-order chi connectivity index (χ0) is 12.6. The number of thiophene rings is 1. The fraction of sp³-hybridized carbons (Fsp3) is 0.273. The third-order valence-corrected chi connectivity index (χ3v) is 4.03. The highest BCUT2D eigenvalue weighted by atomic mass is 79.9. The van der Waals surface area contributed by atoms with Gasteiger partial charge in [-0.15, -0.1) is 11.3 Å². The molecule has 0 spiro atoms. The molecule has 0 aliphatic heterocycles. The van der Waals surface area contributed by atoms with Gasteiger partial charge in [-0.05, 0) is 33.3 Å². The number of oxazole rings is 1. The molecule has 0 aromatic carbocycles. The number of hydrogen-bond donors (Lipinski definition) is 1. The summed E-state index contributed by atoms with van der Waals surface area (Å²) in [7, 11) is 0. The van der Waals surface area contributed by atoms with Crippen molar-refractivity contribution in [1.82, 2.24) is 4.98 Å². The molecule has 0 bridgehead atoms. The third-order valence-electron chi connectivity index (χ3n) is 2.21. The van der Waals surface area contributed by atoms with Crippen LogP contribution in [-0.2, 0) is 0 Å². The number of carboxylic acid groups (broad SMARTS) is 1. The van der Waals surface area contributed by atoms with Gasteiger partial charge in [-0.3, -0.25) is 0 Å². The summed E-state index contributed by atoms with van der Waals surface area (Å²) in [6, 6.07) is 1.87. The van der Waals surface area contributed by atoms with Gasteiger partial charge in [-0.2, -0.15) is 0 Å². The Balaban J connectivity index is 2.55. The average molecular weight is 316 g/mol. The Labute approximate surface area is 110 Å². The van der Waals surface area contributed by atoms with E-state index in [4.69, 9.17) is 9.52 Å². The normalized spacial score (nSPS) is 11.1. The number of aromatic carboxylic acids is 1. The lowest BCUT2D eigenvalue weighted by molar-refractivity contribution is 0.0661. The molecule has 0 atom stereocenters. The first-order valence-electron chi connectivity index (χ1n) is 4.98. The fourth-order valence-electron chi connectivity index (χ4n) is 1.42. The Hall–Kier alpha value is -1.14. The van der Waals surface area contributed by atoms with Crippen molar-refractivity contribution in [2.75, 3.05) is 0 Å². The number of nitrogens with zero attached hydrogens (tertiary/aromatic N) is 1. The minimum absolute atomic E-state index is 0.0114. The minimum atomic E-state index is -1.08. The van der Waals surface area contributed by atoms with Crippen molar-refractivity contribution in [3.05, 3.63) is 27.4 Å². The number of carbonyl (C=O) groups is 1. The Kier molecular flexibility index (Phi) is 3.35. The van der Waals surface area contributed by atoms with Gasteiger partial charge in [0.1, 0.15) is 4.88 Å². The van der Waals surface area contributed by atoms with E-state index in [1.807, 2.05) is 25.3 Å². The van der Waals surface area contributed by atoms with E-state index >= 15 is 0 Å². The fourth-order valence-corrected chi connectivity index (χ4v) is 2.89. The standard InChI is InChI=1S/C11H10BrNO3S/c1-5(2)7-8(11(14)15)16-10(13-7)9-6(12)3-4-17-9/h3-5H,1-2H3,(H,14,15). The highest BCUT2D eigenvalue weighted by Crippen LogP contribution is 2.35. The minimum Gasteiger partial charge on any atom is -0.475 e. The van der Waals surface area contributed by atoms with Crippen LogP contribution in [-0.4, -0.2) is 16.1 Å². The zero-order valence-electron chi connectivity index (χ0n) is 9.23. The number of aromatic nitrogens is 1. The van der Waals surface area contributed by atoms with E-state index < -0.39 is 5.97 Å². The number of hydrogen-bond acceptors (Lipinski definition) is 4. The lowest BCUT2D eigenvalue weighted by atomic mass is 10.1. The van der Waals surface area contributed by atoms with E-state index in [1.165, 1.54) is 11.3 Å². The molecular weight excluding hydrogens is 306 g/mol. The van der Waals surface area contributed by atoms with Crippen molar-refractivity contribution in [3.8, 4) is 10.8 Å². The van der Waals surface area contributed by atoms with Crippen LogP contribution >= 0.6 is 27.3 Å². The largest absolute Gasteiger partial charge is 0.475 e. The molecule has 0 amide bonds. The lowest BCUT2D eigenvalue weighted by Gasteiger charge is -1.98. The second-order valence-electron chi connectivity index (χ2n) is 3.79. The van der Waals surface area contributed by atoms with Gasteiger partial charge in [-0.1, -0.05) is 13.8 Å². The summed E-state index contributed by atoms with van der Waals surface area (Å²) in [4.78, 5) is 16.1. The van der Waals surface area contributed by atoms with Crippen molar-refractivity contribution in [2.24, 2.45) is 0 Å². The van der Waals surface area contributed by atoms with Gasteiger partial charge < -0.3 is 9.52 Å². The molecule has 0 saturated heterocycles. The van der Waals surface area contributed by atoms with Gasteiger partial charge in [0, 0.05) is 4.47 Å². The first-order valence-corrected chi connectivity index (χ1v) is 6.65. The molecule has 17 heavy (non-hydrogen) atoms. The molecule has 1 N–H and O–H groups in total. The van der Waals surface area contributed by atoms with Crippen molar-refractivity contribution in [2.45, 2.75) is 19.8 Å². The molecule has 0 unspecified atom stereocenters. The molecule has 2 aromatic heterocycles. The van der Waals surface area contributed by atoms with E-state index in [0.717, 1.165) is 9.35 Å². The van der Waals surface area contributed by atoms with Crippen molar-refractivity contribution in [3.63, 3.8) is 0 Å². The van der Waals surface area contributed by atoms with Crippen LogP contribution in [0, 0.1) is 0 Å². The van der Waals surface area contributed by atoms with E-state index in [2.05, 4.69) is 20.9 Å². The molecule has 2 aromatic rings. The van der Waals surface area contributed by atoms with Crippen molar-refractivity contribution >= 4 is 33.2 Å². The molecule has 6 heteroatoms. The van der Waals surface area contributed by atoms with Crippen LogP contribution in [0.15, 0.2) is 20.3 Å². The molecule has 2 heterocycles. The second kappa shape index (κ2) is 4.62. The zero-order valence-corrected chi connectivity index (χ0v) is 11.6. The summed E-state index contributed by atoms with van der Waals surface area (Å²) in [5.74, 6) is -0.791. The summed E-state index contributed by atoms with van der Waals surface area (Å²) in [6.45, 7) is 3.77. The third kappa shape index (κ3) is 2.28. The molecule has 0 aliphatic rings. The summed E-state index contributed by atoms with van der Waals surface area (Å²) in [5.41, 5.74) is 0.479. The molecule has 0 aliphatic carbocycles. The van der Waals surface area contributed by atoms with Gasteiger partial charge in [0.25, 0.3) is 0 Å². The number of halogens is 1. The predicted octanol–water partition coefficient (Wildman–Crippen LogP) is 3.99. The summed E-state index contributed by atoms with van der Waals surface area (Å²) >= 11 is 4.83. The van der Waals surface area contributed by atoms with Crippen molar-refractivity contribution < 1.29 is 14.3 Å². The maximum atomic E-state index is 11.1. The van der Waals surface area contributed by atoms with Crippen LogP contribution in [0.3, 0.4) is 0 Å². The smallest absolute Gasteiger partial charge is 0.373 e. The maximum absolute atomic E-state index is 11.1. The first kappa shape index (κ1) is 12.3. The lowest BCUT2D eigenvalue weighted by Crippen LogP contribution is -2.01. The van der Waals surface area contributed by atoms with E-state index in [-0.39, 0.29) is 11.7 Å². The van der Waals surface area contributed by atoms with Crippen LogP contribution in [0.5, 0.6) is 0 Å². The van der Waals surface area contributed by atoms with Gasteiger partial charge in [0.05, 0.1) is 5.69 Å². The summed E-state index contributed by atoms with van der Waals surface area (Å²) in [6.07, 6.45) is 0. The monoisotopic (exact) mass is 315 g/mol. The second-order valence-corrected chi connectivity index (χ2v) is 5.56. The van der Waals surface area contributed by atoms with Gasteiger partial charge in [-0.25, -0.2) is 9.78 Å². The van der Waals surface area contributed by atoms with Crippen LogP contribution in [0.1, 0.15) is 36.0 Å². The first-order chi connectivity index (χ1) is 8.00. The van der Waals surface area contributed by atoms with Crippen LogP contribution < -0.4 is 0 Å². The molecular formula is C11H10BrNO3S. The molecule has 2 rings (SSSR count). The summed E-state index contributed by atoms with van der Waals surface area (Å²) in [5, 5.41) is 10.9. The SMILES string of the molecule is CC(C)c1nc(-c2sccc2Br)oc1C(=O)O. The average Bonchev–Trinajstić information content (AvgIpc) is 2.82. The van der Waals surface area contributed by atoms with Crippen LogP contribution in [0.2, 0.25) is 0 Å². The Morgan fingerprint density at radius 3 is 2.71 bits per heavy atom. The highest BCUT2D eigenvalue weighted by molar-refractivity contribution is 9.10. The molecule has 90 valence electrons. The Bertz CT molecular complexity index is 559. The highest BCUT2D eigenvalue weighted by Gasteiger charge is 2.23. The van der Waals surface area contributed by atoms with Crippen LogP contribution in [0.4, 0.5) is 0 Å². The molecule has 0 saturated carbocycles. The Morgan fingerprint density at radius 2 is 2.29 bits per heavy atom. The maximum Gasteiger partial charge on any atom is 0.373 e. The molecule has 0 radical (unpaired) electrons. The van der Waals surface area contributed by atoms with Gasteiger partial charge in [0.15, 0.2) is 0 Å². The van der Waals surface area contributed by atoms with E-state index in [9.17, 15) is 4.79 Å². The predicted molar refractivity (Wildman–Crippen MR) is 68.6 cm³/mol. The Morgan fingerprint density at radius 1 is 1.59 bits per heavy atom. The quantitative estimate of drug-likeness (QED) is 0.930. The van der Waals surface area contributed by atoms with Gasteiger partial charge >= 0.3 is 5.97 Å². The molecule has 0 fully saturated rings. The number of carboxylic acids is 1. The molecule has 4 nitrogen and oxygen atoms in total. The van der Waals surface area contributed by atoms with Crippen molar-refractivity contribution in [1.29, 1.82) is 0 Å².